The van der Waals surface area contributed by atoms with Crippen molar-refractivity contribution in [2.45, 2.75) is 64.3 Å². The molecule has 2 aliphatic rings. The van der Waals surface area contributed by atoms with Crippen LogP contribution in [0.4, 0.5) is 0 Å². The van der Waals surface area contributed by atoms with Crippen LogP contribution in [0.25, 0.3) is 0 Å². The molecule has 3 rings (SSSR count). The standard InChI is InChI=1S/C19H29NO/c1-2-3-14-5-8-18(20)16(12-14)7-4-15-6-9-19-17(13-15)10-11-21-19/h6,9,13-14,16,18H,2-5,7-8,10-12,20H2,1H3. The molecule has 1 aromatic carbocycles. The molecular weight excluding hydrogens is 258 g/mol. The third kappa shape index (κ3) is 3.60. The highest BCUT2D eigenvalue weighted by atomic mass is 16.5. The van der Waals surface area contributed by atoms with Crippen molar-refractivity contribution in [1.29, 1.82) is 0 Å². The largest absolute Gasteiger partial charge is 0.493 e. The number of aryl methyl sites for hydroxylation is 1. The Bertz CT molecular complexity index is 471. The predicted octanol–water partition coefficient (Wildman–Crippen LogP) is 4.10. The first-order chi connectivity index (χ1) is 10.3. The molecule has 2 heteroatoms. The van der Waals surface area contributed by atoms with Gasteiger partial charge in [-0.25, -0.2) is 0 Å². The topological polar surface area (TPSA) is 35.2 Å². The van der Waals surface area contributed by atoms with E-state index < -0.39 is 0 Å². The molecule has 3 unspecified atom stereocenters. The molecule has 0 radical (unpaired) electrons. The minimum atomic E-state index is 0.427. The van der Waals surface area contributed by atoms with Crippen molar-refractivity contribution in [1.82, 2.24) is 0 Å². The van der Waals surface area contributed by atoms with Crippen LogP contribution in [0, 0.1) is 11.8 Å². The summed E-state index contributed by atoms with van der Waals surface area (Å²) in [6.45, 7) is 3.15. The van der Waals surface area contributed by atoms with Gasteiger partial charge in [0.1, 0.15) is 5.75 Å². The second-order valence-electron chi connectivity index (χ2n) is 6.97. The smallest absolute Gasteiger partial charge is 0.122 e. The van der Waals surface area contributed by atoms with E-state index in [2.05, 4.69) is 25.1 Å². The lowest BCUT2D eigenvalue weighted by Crippen LogP contribution is -2.36. The van der Waals surface area contributed by atoms with Gasteiger partial charge in [-0.2, -0.15) is 0 Å². The van der Waals surface area contributed by atoms with E-state index in [1.54, 1.807) is 0 Å². The quantitative estimate of drug-likeness (QED) is 0.885. The number of hydrogen-bond donors (Lipinski definition) is 1. The summed E-state index contributed by atoms with van der Waals surface area (Å²) in [5, 5.41) is 0. The van der Waals surface area contributed by atoms with Gasteiger partial charge in [-0.05, 0) is 61.1 Å². The van der Waals surface area contributed by atoms with Crippen LogP contribution < -0.4 is 10.5 Å². The zero-order chi connectivity index (χ0) is 14.7. The monoisotopic (exact) mass is 287 g/mol. The molecule has 1 fully saturated rings. The van der Waals surface area contributed by atoms with Crippen molar-refractivity contribution in [3.63, 3.8) is 0 Å². The molecule has 21 heavy (non-hydrogen) atoms. The van der Waals surface area contributed by atoms with Gasteiger partial charge in [0.25, 0.3) is 0 Å². The van der Waals surface area contributed by atoms with Crippen molar-refractivity contribution in [2.24, 2.45) is 17.6 Å². The SMILES string of the molecule is CCCC1CCC(N)C(CCc2ccc3c(c2)CCO3)C1. The Hall–Kier alpha value is -1.02. The molecule has 1 saturated carbocycles. The van der Waals surface area contributed by atoms with Crippen molar-refractivity contribution in [3.8, 4) is 5.75 Å². The fourth-order valence-corrected chi connectivity index (χ4v) is 4.13. The Morgan fingerprint density at radius 1 is 1.24 bits per heavy atom. The van der Waals surface area contributed by atoms with E-state index in [0.717, 1.165) is 30.6 Å². The molecule has 3 atom stereocenters. The van der Waals surface area contributed by atoms with Crippen molar-refractivity contribution >= 4 is 0 Å². The van der Waals surface area contributed by atoms with Gasteiger partial charge >= 0.3 is 0 Å². The highest BCUT2D eigenvalue weighted by molar-refractivity contribution is 5.39. The summed E-state index contributed by atoms with van der Waals surface area (Å²) >= 11 is 0. The van der Waals surface area contributed by atoms with Gasteiger partial charge < -0.3 is 10.5 Å². The lowest BCUT2D eigenvalue weighted by molar-refractivity contribution is 0.212. The maximum atomic E-state index is 6.37. The van der Waals surface area contributed by atoms with E-state index in [9.17, 15) is 0 Å². The minimum Gasteiger partial charge on any atom is -0.493 e. The predicted molar refractivity (Wildman–Crippen MR) is 87.7 cm³/mol. The molecule has 0 aromatic heterocycles. The lowest BCUT2D eigenvalue weighted by Gasteiger charge is -2.34. The molecule has 2 N–H and O–H groups in total. The number of fused-ring (bicyclic) bond motifs is 1. The van der Waals surface area contributed by atoms with Gasteiger partial charge in [0.05, 0.1) is 6.61 Å². The first-order valence-corrected chi connectivity index (χ1v) is 8.76. The van der Waals surface area contributed by atoms with Gasteiger partial charge in [-0.1, -0.05) is 31.9 Å². The van der Waals surface area contributed by atoms with E-state index in [-0.39, 0.29) is 0 Å². The van der Waals surface area contributed by atoms with Crippen LogP contribution in [-0.2, 0) is 12.8 Å². The Morgan fingerprint density at radius 3 is 3.00 bits per heavy atom. The van der Waals surface area contributed by atoms with E-state index in [1.165, 1.54) is 56.1 Å². The van der Waals surface area contributed by atoms with Gasteiger partial charge in [0.2, 0.25) is 0 Å². The fourth-order valence-electron chi connectivity index (χ4n) is 4.13. The number of rotatable bonds is 5. The second kappa shape index (κ2) is 6.83. The second-order valence-corrected chi connectivity index (χ2v) is 6.97. The molecule has 0 bridgehead atoms. The average molecular weight is 287 g/mol. The van der Waals surface area contributed by atoms with Crippen LogP contribution in [-0.4, -0.2) is 12.6 Å². The lowest BCUT2D eigenvalue weighted by atomic mass is 9.74. The van der Waals surface area contributed by atoms with E-state index in [1.807, 2.05) is 0 Å². The first-order valence-electron chi connectivity index (χ1n) is 8.76. The molecule has 0 amide bonds. The molecule has 116 valence electrons. The maximum Gasteiger partial charge on any atom is 0.122 e. The molecule has 2 nitrogen and oxygen atoms in total. The summed E-state index contributed by atoms with van der Waals surface area (Å²) in [6.07, 6.45) is 10.1. The molecule has 1 aliphatic carbocycles. The van der Waals surface area contributed by atoms with Crippen LogP contribution in [0.15, 0.2) is 18.2 Å². The summed E-state index contributed by atoms with van der Waals surface area (Å²) < 4.78 is 5.59. The van der Waals surface area contributed by atoms with Gasteiger partial charge in [0.15, 0.2) is 0 Å². The van der Waals surface area contributed by atoms with Gasteiger partial charge in [-0.15, -0.1) is 0 Å². The van der Waals surface area contributed by atoms with Crippen LogP contribution in [0.3, 0.4) is 0 Å². The van der Waals surface area contributed by atoms with Crippen molar-refractivity contribution in [3.05, 3.63) is 29.3 Å². The van der Waals surface area contributed by atoms with E-state index in [4.69, 9.17) is 10.5 Å². The normalized spacial score (nSPS) is 28.2. The molecule has 0 spiro atoms. The first kappa shape index (κ1) is 14.9. The Balaban J connectivity index is 1.56. The number of nitrogens with two attached hydrogens (primary N) is 1. The van der Waals surface area contributed by atoms with Gasteiger partial charge in [-0.3, -0.25) is 0 Å². The number of benzene rings is 1. The highest BCUT2D eigenvalue weighted by Crippen LogP contribution is 2.34. The summed E-state index contributed by atoms with van der Waals surface area (Å²) in [4.78, 5) is 0. The number of ether oxygens (including phenoxy) is 1. The van der Waals surface area contributed by atoms with E-state index >= 15 is 0 Å². The molecule has 1 heterocycles. The zero-order valence-corrected chi connectivity index (χ0v) is 13.3. The van der Waals surface area contributed by atoms with Crippen molar-refractivity contribution in [2.75, 3.05) is 6.61 Å². The average Bonchev–Trinajstić information content (AvgIpc) is 2.95. The Labute approximate surface area is 129 Å². The molecule has 1 aliphatic heterocycles. The summed E-state index contributed by atoms with van der Waals surface area (Å²) in [7, 11) is 0. The van der Waals surface area contributed by atoms with Crippen LogP contribution in [0.1, 0.15) is 56.6 Å². The molecule has 0 saturated heterocycles. The summed E-state index contributed by atoms with van der Waals surface area (Å²) in [6, 6.07) is 7.16. The Kier molecular flexibility index (Phi) is 4.84. The third-order valence-corrected chi connectivity index (χ3v) is 5.40. The maximum absolute atomic E-state index is 6.37. The summed E-state index contributed by atoms with van der Waals surface area (Å²) in [5.41, 5.74) is 9.23. The van der Waals surface area contributed by atoms with Crippen LogP contribution in [0.2, 0.25) is 0 Å². The van der Waals surface area contributed by atoms with Gasteiger partial charge in [0, 0.05) is 12.5 Å². The Morgan fingerprint density at radius 2 is 2.14 bits per heavy atom. The van der Waals surface area contributed by atoms with Crippen LogP contribution in [0.5, 0.6) is 5.75 Å². The fraction of sp³-hybridized carbons (Fsp3) is 0.684. The number of hydrogen-bond acceptors (Lipinski definition) is 2. The van der Waals surface area contributed by atoms with Crippen molar-refractivity contribution < 1.29 is 4.74 Å². The highest BCUT2D eigenvalue weighted by Gasteiger charge is 2.27. The minimum absolute atomic E-state index is 0.427. The van der Waals surface area contributed by atoms with E-state index in [0.29, 0.717) is 6.04 Å². The summed E-state index contributed by atoms with van der Waals surface area (Å²) in [5.74, 6) is 2.74. The zero-order valence-electron chi connectivity index (χ0n) is 13.3. The molecule has 1 aromatic rings. The third-order valence-electron chi connectivity index (χ3n) is 5.40. The molecular formula is C19H29NO. The van der Waals surface area contributed by atoms with Crippen LogP contribution >= 0.6 is 0 Å².